The van der Waals surface area contributed by atoms with E-state index in [9.17, 15) is 9.59 Å². The third-order valence-electron chi connectivity index (χ3n) is 3.87. The summed E-state index contributed by atoms with van der Waals surface area (Å²) in [6.07, 6.45) is -0.489. The van der Waals surface area contributed by atoms with Crippen molar-refractivity contribution in [1.29, 1.82) is 0 Å². The number of amides is 2. The average Bonchev–Trinajstić information content (AvgIpc) is 2.73. The van der Waals surface area contributed by atoms with Gasteiger partial charge in [0.05, 0.1) is 26.4 Å². The summed E-state index contributed by atoms with van der Waals surface area (Å²) >= 11 is 0. The van der Waals surface area contributed by atoms with Gasteiger partial charge in [-0.3, -0.25) is 4.79 Å². The summed E-state index contributed by atoms with van der Waals surface area (Å²) in [6, 6.07) is 14.1. The third-order valence-corrected chi connectivity index (χ3v) is 3.87. The van der Waals surface area contributed by atoms with Crippen molar-refractivity contribution in [3.05, 3.63) is 59.7 Å². The molecule has 30 heavy (non-hydrogen) atoms. The zero-order chi connectivity index (χ0) is 21.6. The van der Waals surface area contributed by atoms with Crippen molar-refractivity contribution in [2.45, 2.75) is 6.61 Å². The number of ether oxygens (including phenoxy) is 3. The van der Waals surface area contributed by atoms with E-state index in [1.54, 1.807) is 18.2 Å². The minimum Gasteiger partial charge on any atom is -0.445 e. The smallest absolute Gasteiger partial charge is 0.407 e. The number of carbonyl (C=O) groups excluding carboxylic acids is 2. The molecule has 0 heterocycles. The summed E-state index contributed by atoms with van der Waals surface area (Å²) in [4.78, 5) is 23.5. The van der Waals surface area contributed by atoms with Crippen LogP contribution >= 0.6 is 0 Å². The predicted octanol–water partition coefficient (Wildman–Crippen LogP) is 1.54. The number of hydrogen-bond donors (Lipinski definition) is 4. The van der Waals surface area contributed by atoms with Crippen LogP contribution in [0.4, 0.5) is 16.2 Å². The number of nitrogens with one attached hydrogen (secondary N) is 2. The molecule has 0 aromatic heterocycles. The van der Waals surface area contributed by atoms with Crippen LogP contribution in [0.5, 0.6) is 0 Å². The Bertz CT molecular complexity index is 781. The zero-order valence-electron chi connectivity index (χ0n) is 16.8. The van der Waals surface area contributed by atoms with Crippen LogP contribution in [0.25, 0.3) is 0 Å². The maximum Gasteiger partial charge on any atom is 0.407 e. The number of benzene rings is 2. The summed E-state index contributed by atoms with van der Waals surface area (Å²) in [5, 5.41) is 5.33. The number of nitrogens with two attached hydrogens (primary N) is 2. The first kappa shape index (κ1) is 23.0. The fourth-order valence-electron chi connectivity index (χ4n) is 2.47. The number of carbonyl (C=O) groups is 2. The molecule has 0 aliphatic carbocycles. The lowest BCUT2D eigenvalue weighted by atomic mass is 10.1. The maximum atomic E-state index is 12.0. The second-order valence-corrected chi connectivity index (χ2v) is 6.36. The fourth-order valence-corrected chi connectivity index (χ4v) is 2.47. The number of nitrogen functional groups attached to an aromatic ring is 2. The lowest BCUT2D eigenvalue weighted by Gasteiger charge is -2.09. The van der Waals surface area contributed by atoms with Gasteiger partial charge in [-0.25, -0.2) is 4.79 Å². The quantitative estimate of drug-likeness (QED) is 0.304. The molecule has 0 saturated heterocycles. The molecular weight excluding hydrogens is 388 g/mol. The molecule has 2 amide bonds. The predicted molar refractivity (Wildman–Crippen MR) is 114 cm³/mol. The van der Waals surface area contributed by atoms with Gasteiger partial charge in [0.25, 0.3) is 5.91 Å². The van der Waals surface area contributed by atoms with Crippen LogP contribution in [0, 0.1) is 0 Å². The van der Waals surface area contributed by atoms with E-state index in [1.807, 2.05) is 30.3 Å². The number of hydrogen-bond acceptors (Lipinski definition) is 7. The van der Waals surface area contributed by atoms with E-state index < -0.39 is 6.09 Å². The van der Waals surface area contributed by atoms with Gasteiger partial charge in [-0.15, -0.1) is 0 Å². The van der Waals surface area contributed by atoms with Gasteiger partial charge < -0.3 is 36.3 Å². The van der Waals surface area contributed by atoms with Crippen molar-refractivity contribution in [3.8, 4) is 0 Å². The molecule has 2 rings (SSSR count). The van der Waals surface area contributed by atoms with Crippen LogP contribution in [-0.4, -0.2) is 51.5 Å². The minimum atomic E-state index is -0.489. The molecule has 0 saturated carbocycles. The Hall–Kier alpha value is -3.30. The van der Waals surface area contributed by atoms with Gasteiger partial charge in [-0.1, -0.05) is 30.3 Å². The van der Waals surface area contributed by atoms with Crippen LogP contribution in [0.15, 0.2) is 48.5 Å². The Labute approximate surface area is 175 Å². The van der Waals surface area contributed by atoms with Crippen molar-refractivity contribution >= 4 is 23.4 Å². The molecule has 0 bridgehead atoms. The molecule has 9 heteroatoms. The lowest BCUT2D eigenvalue weighted by molar-refractivity contribution is 0.0486. The largest absolute Gasteiger partial charge is 0.445 e. The molecule has 162 valence electrons. The summed E-state index contributed by atoms with van der Waals surface area (Å²) in [5.74, 6) is -0.265. The van der Waals surface area contributed by atoms with E-state index in [0.717, 1.165) is 5.56 Å². The first-order chi connectivity index (χ1) is 14.5. The fraction of sp³-hybridized carbons (Fsp3) is 0.333. The Balaban J connectivity index is 1.42. The van der Waals surface area contributed by atoms with Crippen LogP contribution < -0.4 is 22.1 Å². The van der Waals surface area contributed by atoms with Gasteiger partial charge in [0.2, 0.25) is 0 Å². The lowest BCUT2D eigenvalue weighted by Crippen LogP contribution is -2.29. The maximum absolute atomic E-state index is 12.0. The highest BCUT2D eigenvalue weighted by Gasteiger charge is 2.06. The SMILES string of the molecule is Nc1cc(N)cc(C(=O)NCCOCCOCCNC(=O)OCc2ccccc2)c1. The summed E-state index contributed by atoms with van der Waals surface area (Å²) in [7, 11) is 0. The van der Waals surface area contributed by atoms with Crippen LogP contribution in [0.3, 0.4) is 0 Å². The van der Waals surface area contributed by atoms with Gasteiger partial charge in [0, 0.05) is 30.0 Å². The highest BCUT2D eigenvalue weighted by Crippen LogP contribution is 2.13. The molecular formula is C21H28N4O5. The van der Waals surface area contributed by atoms with E-state index >= 15 is 0 Å². The zero-order valence-corrected chi connectivity index (χ0v) is 16.8. The van der Waals surface area contributed by atoms with Crippen molar-refractivity contribution < 1.29 is 23.8 Å². The molecule has 0 unspecified atom stereocenters. The van der Waals surface area contributed by atoms with Crippen LogP contribution in [0.1, 0.15) is 15.9 Å². The van der Waals surface area contributed by atoms with E-state index in [4.69, 9.17) is 25.7 Å². The van der Waals surface area contributed by atoms with E-state index in [0.29, 0.717) is 56.5 Å². The van der Waals surface area contributed by atoms with E-state index in [-0.39, 0.29) is 12.5 Å². The van der Waals surface area contributed by atoms with Gasteiger partial charge in [0.15, 0.2) is 0 Å². The monoisotopic (exact) mass is 416 g/mol. The van der Waals surface area contributed by atoms with Crippen molar-refractivity contribution in [2.75, 3.05) is 51.0 Å². The molecule has 0 aliphatic rings. The second-order valence-electron chi connectivity index (χ2n) is 6.36. The van der Waals surface area contributed by atoms with Crippen molar-refractivity contribution in [3.63, 3.8) is 0 Å². The number of rotatable bonds is 12. The van der Waals surface area contributed by atoms with Crippen LogP contribution in [-0.2, 0) is 20.8 Å². The third kappa shape index (κ3) is 9.26. The molecule has 0 fully saturated rings. The topological polar surface area (TPSA) is 138 Å². The Morgan fingerprint density at radius 3 is 2.03 bits per heavy atom. The van der Waals surface area contributed by atoms with Gasteiger partial charge >= 0.3 is 6.09 Å². The van der Waals surface area contributed by atoms with Crippen molar-refractivity contribution in [1.82, 2.24) is 10.6 Å². The van der Waals surface area contributed by atoms with Gasteiger partial charge in [-0.05, 0) is 23.8 Å². The van der Waals surface area contributed by atoms with Gasteiger partial charge in [-0.2, -0.15) is 0 Å². The average molecular weight is 416 g/mol. The molecule has 2 aromatic rings. The Morgan fingerprint density at radius 2 is 1.40 bits per heavy atom. The van der Waals surface area contributed by atoms with E-state index in [1.165, 1.54) is 0 Å². The summed E-state index contributed by atoms with van der Waals surface area (Å²) < 4.78 is 15.8. The first-order valence-corrected chi connectivity index (χ1v) is 9.59. The Kier molecular flexibility index (Phi) is 9.98. The standard InChI is InChI=1S/C21H28N4O5/c22-18-12-17(13-19(23)14-18)20(26)24-6-8-28-10-11-29-9-7-25-21(27)30-15-16-4-2-1-3-5-16/h1-5,12-14H,6-11,15,22-23H2,(H,24,26)(H,25,27). The number of alkyl carbamates (subject to hydrolysis) is 1. The molecule has 0 atom stereocenters. The highest BCUT2D eigenvalue weighted by atomic mass is 16.5. The van der Waals surface area contributed by atoms with Crippen LogP contribution in [0.2, 0.25) is 0 Å². The van der Waals surface area contributed by atoms with E-state index in [2.05, 4.69) is 10.6 Å². The summed E-state index contributed by atoms with van der Waals surface area (Å²) in [6.45, 7) is 2.35. The second kappa shape index (κ2) is 13.0. The minimum absolute atomic E-state index is 0.225. The highest BCUT2D eigenvalue weighted by molar-refractivity contribution is 5.96. The molecule has 2 aromatic carbocycles. The molecule has 0 aliphatic heterocycles. The normalized spacial score (nSPS) is 10.4. The molecule has 0 radical (unpaired) electrons. The first-order valence-electron chi connectivity index (χ1n) is 9.59. The molecule has 0 spiro atoms. The Morgan fingerprint density at radius 1 is 0.800 bits per heavy atom. The summed E-state index contributed by atoms with van der Waals surface area (Å²) in [5.41, 5.74) is 13.5. The molecule has 9 nitrogen and oxygen atoms in total. The number of anilines is 2. The molecule has 6 N–H and O–H groups in total. The van der Waals surface area contributed by atoms with Crippen molar-refractivity contribution in [2.24, 2.45) is 0 Å². The van der Waals surface area contributed by atoms with Gasteiger partial charge in [0.1, 0.15) is 6.61 Å².